The highest BCUT2D eigenvalue weighted by Gasteiger charge is 2.59. The molecule has 2 aromatic carbocycles. The van der Waals surface area contributed by atoms with Gasteiger partial charge >= 0.3 is 6.18 Å². The van der Waals surface area contributed by atoms with Crippen LogP contribution in [0.1, 0.15) is 34.3 Å². The molecule has 3 nitrogen and oxygen atoms in total. The molecule has 0 saturated carbocycles. The molecule has 2 fully saturated rings. The first kappa shape index (κ1) is 24.6. The Hall–Kier alpha value is -1.57. The summed E-state index contributed by atoms with van der Waals surface area (Å²) in [6.07, 6.45) is -3.60. The Kier molecular flexibility index (Phi) is 7.13. The Bertz CT molecular complexity index is 1020. The Labute approximate surface area is 206 Å². The molecule has 2 saturated heterocycles. The molecule has 178 valence electrons. The number of alkyl halides is 3. The summed E-state index contributed by atoms with van der Waals surface area (Å²) in [5.74, 6) is 2.84. The molecule has 0 aromatic heterocycles. The van der Waals surface area contributed by atoms with Gasteiger partial charge in [0.1, 0.15) is 5.41 Å². The van der Waals surface area contributed by atoms with Crippen LogP contribution in [0.4, 0.5) is 18.9 Å². The molecule has 0 bridgehead atoms. The van der Waals surface area contributed by atoms with Crippen molar-refractivity contribution >= 4 is 46.6 Å². The Morgan fingerprint density at radius 3 is 2.45 bits per heavy atom. The van der Waals surface area contributed by atoms with Gasteiger partial charge in [-0.25, -0.2) is 0 Å². The number of thioether (sulfide) groups is 1. The molecule has 2 heterocycles. The van der Waals surface area contributed by atoms with Crippen molar-refractivity contribution in [3.05, 3.63) is 63.1 Å². The first-order valence-electron chi connectivity index (χ1n) is 10.8. The van der Waals surface area contributed by atoms with E-state index in [1.54, 1.807) is 23.1 Å². The normalized spacial score (nSPS) is 21.2. The van der Waals surface area contributed by atoms with Gasteiger partial charge in [0.2, 0.25) is 0 Å². The van der Waals surface area contributed by atoms with Crippen molar-refractivity contribution in [2.24, 2.45) is 5.92 Å². The molecule has 1 atom stereocenters. The van der Waals surface area contributed by atoms with Gasteiger partial charge in [-0.2, -0.15) is 24.9 Å². The average molecular weight is 517 g/mol. The fourth-order valence-electron chi connectivity index (χ4n) is 4.53. The number of rotatable bonds is 6. The molecular formula is C24H25Cl2F3N2OS. The van der Waals surface area contributed by atoms with Gasteiger partial charge in [0.15, 0.2) is 0 Å². The van der Waals surface area contributed by atoms with E-state index in [2.05, 4.69) is 5.32 Å². The second-order valence-corrected chi connectivity index (χ2v) is 10.8. The molecule has 0 aliphatic carbocycles. The minimum absolute atomic E-state index is 0.0765. The molecule has 9 heteroatoms. The third-order valence-corrected chi connectivity index (χ3v) is 8.44. The molecule has 4 rings (SSSR count). The maximum absolute atomic E-state index is 14.3. The summed E-state index contributed by atoms with van der Waals surface area (Å²) in [6, 6.07) is 9.35. The molecular weight excluding hydrogens is 492 g/mol. The zero-order valence-corrected chi connectivity index (χ0v) is 20.5. The predicted molar refractivity (Wildman–Crippen MR) is 130 cm³/mol. The zero-order valence-electron chi connectivity index (χ0n) is 18.1. The number of carbonyl (C=O) groups excluding carboxylic acids is 1. The fraction of sp³-hybridized carbons (Fsp3) is 0.458. The van der Waals surface area contributed by atoms with Crippen molar-refractivity contribution in [2.75, 3.05) is 36.0 Å². The second kappa shape index (κ2) is 9.59. The van der Waals surface area contributed by atoms with E-state index in [1.165, 1.54) is 18.2 Å². The molecule has 2 aromatic rings. The monoisotopic (exact) mass is 516 g/mol. The highest BCUT2D eigenvalue weighted by Crippen LogP contribution is 2.49. The number of benzene rings is 2. The highest BCUT2D eigenvalue weighted by atomic mass is 35.5. The Balaban J connectivity index is 1.51. The number of halogens is 5. The maximum atomic E-state index is 14.3. The van der Waals surface area contributed by atoms with E-state index in [4.69, 9.17) is 23.2 Å². The smallest absolute Gasteiger partial charge is 0.370 e. The van der Waals surface area contributed by atoms with Crippen molar-refractivity contribution in [1.82, 2.24) is 5.32 Å². The number of nitrogens with one attached hydrogen (secondary N) is 1. The quantitative estimate of drug-likeness (QED) is 0.475. The summed E-state index contributed by atoms with van der Waals surface area (Å²) in [6.45, 7) is 2.43. The van der Waals surface area contributed by atoms with E-state index in [9.17, 15) is 18.0 Å². The zero-order chi connectivity index (χ0) is 23.8. The van der Waals surface area contributed by atoms with Gasteiger partial charge in [0.05, 0.1) is 0 Å². The summed E-state index contributed by atoms with van der Waals surface area (Å²) in [4.78, 5) is 14.3. The summed E-state index contributed by atoms with van der Waals surface area (Å²) in [5, 5.41) is 3.32. The first-order valence-corrected chi connectivity index (χ1v) is 12.7. The van der Waals surface area contributed by atoms with Crippen LogP contribution >= 0.6 is 35.0 Å². The molecule has 2 aliphatic heterocycles. The van der Waals surface area contributed by atoms with Crippen LogP contribution in [-0.4, -0.2) is 43.2 Å². The van der Waals surface area contributed by atoms with E-state index >= 15 is 0 Å². The van der Waals surface area contributed by atoms with Crippen molar-refractivity contribution in [3.8, 4) is 0 Å². The lowest BCUT2D eigenvalue weighted by molar-refractivity contribution is -0.184. The van der Waals surface area contributed by atoms with Crippen LogP contribution < -0.4 is 10.2 Å². The lowest BCUT2D eigenvalue weighted by Gasteiger charge is -2.33. The van der Waals surface area contributed by atoms with Gasteiger partial charge in [-0.05, 0) is 84.7 Å². The van der Waals surface area contributed by atoms with E-state index in [-0.39, 0.29) is 41.0 Å². The van der Waals surface area contributed by atoms with Crippen LogP contribution in [0.3, 0.4) is 0 Å². The van der Waals surface area contributed by atoms with Gasteiger partial charge in [0, 0.05) is 40.9 Å². The third kappa shape index (κ3) is 5.10. The predicted octanol–water partition coefficient (Wildman–Crippen LogP) is 6.50. The largest absolute Gasteiger partial charge is 0.400 e. The van der Waals surface area contributed by atoms with Crippen molar-refractivity contribution in [2.45, 2.75) is 31.4 Å². The number of amides is 1. The standard InChI is InChI=1S/C24H25Cl2F3N2OS/c1-15-8-20(2-3-21(15)22(32)30-6-4-16-12-33-13-16)31-7-5-23(14-31,24(27,28)29)17-9-18(25)11-19(26)10-17/h2-3,8-11,16H,4-7,12-14H2,1H3,(H,30,32). The number of hydrogen-bond donors (Lipinski definition) is 1. The molecule has 33 heavy (non-hydrogen) atoms. The minimum Gasteiger partial charge on any atom is -0.370 e. The number of hydrogen-bond acceptors (Lipinski definition) is 3. The summed E-state index contributed by atoms with van der Waals surface area (Å²) in [5.41, 5.74) is -0.0443. The number of anilines is 1. The van der Waals surface area contributed by atoms with Crippen LogP contribution in [-0.2, 0) is 5.41 Å². The first-order chi connectivity index (χ1) is 15.6. The third-order valence-electron chi connectivity index (χ3n) is 6.59. The van der Waals surface area contributed by atoms with Crippen molar-refractivity contribution in [1.29, 1.82) is 0 Å². The number of carbonyl (C=O) groups is 1. The highest BCUT2D eigenvalue weighted by molar-refractivity contribution is 8.00. The molecule has 2 aliphatic rings. The topological polar surface area (TPSA) is 32.3 Å². The van der Waals surface area contributed by atoms with Crippen molar-refractivity contribution < 1.29 is 18.0 Å². The number of aryl methyl sites for hydroxylation is 1. The number of nitrogens with zero attached hydrogens (tertiary/aromatic N) is 1. The fourth-order valence-corrected chi connectivity index (χ4v) is 5.95. The molecule has 1 N–H and O–H groups in total. The second-order valence-electron chi connectivity index (χ2n) is 8.86. The minimum atomic E-state index is -4.47. The summed E-state index contributed by atoms with van der Waals surface area (Å²) < 4.78 is 43.0. The lowest BCUT2D eigenvalue weighted by Crippen LogP contribution is -2.44. The van der Waals surface area contributed by atoms with Crippen LogP contribution in [0.25, 0.3) is 0 Å². The SMILES string of the molecule is Cc1cc(N2CCC(c3cc(Cl)cc(Cl)c3)(C(F)(F)F)C2)ccc1C(=O)NCCC1CSC1. The van der Waals surface area contributed by atoms with Gasteiger partial charge in [-0.15, -0.1) is 0 Å². The molecule has 1 amide bonds. The van der Waals surface area contributed by atoms with Crippen LogP contribution in [0.5, 0.6) is 0 Å². The van der Waals surface area contributed by atoms with Gasteiger partial charge in [-0.3, -0.25) is 4.79 Å². The molecule has 0 spiro atoms. The van der Waals surface area contributed by atoms with E-state index in [0.29, 0.717) is 23.7 Å². The van der Waals surface area contributed by atoms with Crippen LogP contribution in [0, 0.1) is 12.8 Å². The van der Waals surface area contributed by atoms with Crippen molar-refractivity contribution in [3.63, 3.8) is 0 Å². The average Bonchev–Trinajstić information content (AvgIpc) is 3.16. The van der Waals surface area contributed by atoms with E-state index < -0.39 is 11.6 Å². The van der Waals surface area contributed by atoms with Gasteiger partial charge in [-0.1, -0.05) is 23.2 Å². The Morgan fingerprint density at radius 1 is 1.18 bits per heavy atom. The maximum Gasteiger partial charge on any atom is 0.400 e. The molecule has 0 radical (unpaired) electrons. The lowest BCUT2D eigenvalue weighted by atomic mass is 9.79. The summed E-state index contributed by atoms with van der Waals surface area (Å²) >= 11 is 14.0. The van der Waals surface area contributed by atoms with Gasteiger partial charge in [0.25, 0.3) is 5.91 Å². The van der Waals surface area contributed by atoms with Crippen LogP contribution in [0.15, 0.2) is 36.4 Å². The van der Waals surface area contributed by atoms with E-state index in [1.807, 2.05) is 18.7 Å². The Morgan fingerprint density at radius 2 is 1.88 bits per heavy atom. The van der Waals surface area contributed by atoms with Crippen LogP contribution in [0.2, 0.25) is 10.0 Å². The van der Waals surface area contributed by atoms with Gasteiger partial charge < -0.3 is 10.2 Å². The molecule has 1 unspecified atom stereocenters. The summed E-state index contributed by atoms with van der Waals surface area (Å²) in [7, 11) is 0. The van der Waals surface area contributed by atoms with E-state index in [0.717, 1.165) is 23.5 Å².